The molecular weight excluding hydrogens is 348 g/mol. The zero-order valence-electron chi connectivity index (χ0n) is 16.0. The SMILES string of the molecule is COc1ccc(/C=C/CN2CCN(CC(C)C)[C@H]3CS(=O)(=O)C[C@H]32)cc1. The maximum atomic E-state index is 12.2. The van der Waals surface area contributed by atoms with Crippen LogP contribution in [0.15, 0.2) is 30.3 Å². The molecule has 0 N–H and O–H groups in total. The van der Waals surface area contributed by atoms with Crippen LogP contribution in [0.4, 0.5) is 0 Å². The quantitative estimate of drug-likeness (QED) is 0.759. The Morgan fingerprint density at radius 3 is 2.35 bits per heavy atom. The lowest BCUT2D eigenvalue weighted by molar-refractivity contribution is 0.0458. The molecule has 0 aliphatic carbocycles. The summed E-state index contributed by atoms with van der Waals surface area (Å²) in [5.41, 5.74) is 1.12. The lowest BCUT2D eigenvalue weighted by Crippen LogP contribution is -2.59. The predicted octanol–water partition coefficient (Wildman–Crippen LogP) is 2.15. The van der Waals surface area contributed by atoms with Crippen LogP contribution in [0.3, 0.4) is 0 Å². The molecule has 3 rings (SSSR count). The highest BCUT2D eigenvalue weighted by Gasteiger charge is 2.46. The Hall–Kier alpha value is -1.37. The molecule has 2 aliphatic heterocycles. The molecule has 2 atom stereocenters. The van der Waals surface area contributed by atoms with Gasteiger partial charge < -0.3 is 4.74 Å². The molecule has 144 valence electrons. The van der Waals surface area contributed by atoms with Gasteiger partial charge in [0.1, 0.15) is 5.75 Å². The first-order valence-electron chi connectivity index (χ1n) is 9.37. The largest absolute Gasteiger partial charge is 0.497 e. The Balaban J connectivity index is 1.65. The molecule has 1 aromatic carbocycles. The van der Waals surface area contributed by atoms with Crippen molar-refractivity contribution >= 4 is 15.9 Å². The predicted molar refractivity (Wildman–Crippen MR) is 106 cm³/mol. The van der Waals surface area contributed by atoms with Crippen LogP contribution in [0, 0.1) is 5.92 Å². The van der Waals surface area contributed by atoms with E-state index in [1.54, 1.807) is 7.11 Å². The van der Waals surface area contributed by atoms with E-state index in [0.29, 0.717) is 17.4 Å². The molecular formula is C20H30N2O3S. The van der Waals surface area contributed by atoms with Gasteiger partial charge in [0, 0.05) is 38.3 Å². The number of benzene rings is 1. The highest BCUT2D eigenvalue weighted by Crippen LogP contribution is 2.27. The molecule has 5 nitrogen and oxygen atoms in total. The van der Waals surface area contributed by atoms with Crippen molar-refractivity contribution in [2.24, 2.45) is 5.92 Å². The van der Waals surface area contributed by atoms with E-state index >= 15 is 0 Å². The van der Waals surface area contributed by atoms with Gasteiger partial charge in [-0.1, -0.05) is 38.1 Å². The summed E-state index contributed by atoms with van der Waals surface area (Å²) in [6.45, 7) is 8.04. The van der Waals surface area contributed by atoms with E-state index in [-0.39, 0.29) is 12.1 Å². The van der Waals surface area contributed by atoms with Crippen molar-refractivity contribution in [3.8, 4) is 5.75 Å². The molecule has 0 bridgehead atoms. The van der Waals surface area contributed by atoms with Gasteiger partial charge in [0.15, 0.2) is 9.84 Å². The number of hydrogen-bond donors (Lipinski definition) is 0. The van der Waals surface area contributed by atoms with E-state index in [1.165, 1.54) is 0 Å². The minimum Gasteiger partial charge on any atom is -0.497 e. The van der Waals surface area contributed by atoms with Crippen LogP contribution >= 0.6 is 0 Å². The van der Waals surface area contributed by atoms with Gasteiger partial charge in [0.25, 0.3) is 0 Å². The lowest BCUT2D eigenvalue weighted by atomic mass is 10.0. The van der Waals surface area contributed by atoms with Crippen LogP contribution in [-0.2, 0) is 9.84 Å². The van der Waals surface area contributed by atoms with Gasteiger partial charge in [0.05, 0.1) is 18.6 Å². The zero-order chi connectivity index (χ0) is 18.7. The van der Waals surface area contributed by atoms with Gasteiger partial charge in [-0.2, -0.15) is 0 Å². The number of ether oxygens (including phenoxy) is 1. The Labute approximate surface area is 157 Å². The smallest absolute Gasteiger partial charge is 0.153 e. The molecule has 0 radical (unpaired) electrons. The van der Waals surface area contributed by atoms with E-state index in [0.717, 1.165) is 37.5 Å². The van der Waals surface area contributed by atoms with Crippen LogP contribution in [0.25, 0.3) is 6.08 Å². The van der Waals surface area contributed by atoms with Crippen molar-refractivity contribution < 1.29 is 13.2 Å². The normalized spacial score (nSPS) is 26.5. The van der Waals surface area contributed by atoms with Crippen molar-refractivity contribution in [1.82, 2.24) is 9.80 Å². The summed E-state index contributed by atoms with van der Waals surface area (Å²) in [6, 6.07) is 8.21. The molecule has 6 heteroatoms. The molecule has 0 amide bonds. The van der Waals surface area contributed by atoms with Gasteiger partial charge in [-0.05, 0) is 23.6 Å². The molecule has 0 saturated carbocycles. The summed E-state index contributed by atoms with van der Waals surface area (Å²) in [5, 5.41) is 0. The molecule has 0 unspecified atom stereocenters. The highest BCUT2D eigenvalue weighted by atomic mass is 32.2. The molecule has 0 spiro atoms. The highest BCUT2D eigenvalue weighted by molar-refractivity contribution is 7.91. The van der Waals surface area contributed by atoms with E-state index in [4.69, 9.17) is 4.74 Å². The lowest BCUT2D eigenvalue weighted by Gasteiger charge is -2.44. The second-order valence-corrected chi connectivity index (χ2v) is 9.92. The second-order valence-electron chi connectivity index (χ2n) is 7.77. The minimum absolute atomic E-state index is 0.119. The maximum absolute atomic E-state index is 12.2. The summed E-state index contributed by atoms with van der Waals surface area (Å²) >= 11 is 0. The van der Waals surface area contributed by atoms with Crippen molar-refractivity contribution in [2.45, 2.75) is 25.9 Å². The van der Waals surface area contributed by atoms with Crippen LogP contribution in [-0.4, -0.2) is 75.1 Å². The fraction of sp³-hybridized carbons (Fsp3) is 0.600. The third kappa shape index (κ3) is 4.67. The number of sulfone groups is 1. The van der Waals surface area contributed by atoms with Gasteiger partial charge >= 0.3 is 0 Å². The number of rotatable bonds is 6. The molecule has 2 aliphatic rings. The van der Waals surface area contributed by atoms with Gasteiger partial charge in [-0.25, -0.2) is 8.42 Å². The summed E-state index contributed by atoms with van der Waals surface area (Å²) in [7, 11) is -1.27. The van der Waals surface area contributed by atoms with Gasteiger partial charge in [-0.15, -0.1) is 0 Å². The van der Waals surface area contributed by atoms with Crippen LogP contribution in [0.1, 0.15) is 19.4 Å². The Kier molecular flexibility index (Phi) is 6.05. The molecule has 0 aromatic heterocycles. The zero-order valence-corrected chi connectivity index (χ0v) is 16.8. The van der Waals surface area contributed by atoms with E-state index in [2.05, 4.69) is 35.8 Å². The minimum atomic E-state index is -2.94. The van der Waals surface area contributed by atoms with Gasteiger partial charge in [-0.3, -0.25) is 9.80 Å². The number of piperazine rings is 1. The average Bonchev–Trinajstić information content (AvgIpc) is 2.93. The monoisotopic (exact) mass is 378 g/mol. The van der Waals surface area contributed by atoms with E-state index < -0.39 is 9.84 Å². The Bertz CT molecular complexity index is 728. The average molecular weight is 379 g/mol. The van der Waals surface area contributed by atoms with Gasteiger partial charge in [0.2, 0.25) is 0 Å². The molecule has 26 heavy (non-hydrogen) atoms. The van der Waals surface area contributed by atoms with Crippen LogP contribution < -0.4 is 4.74 Å². The third-order valence-electron chi connectivity index (χ3n) is 5.27. The topological polar surface area (TPSA) is 49.9 Å². The molecule has 1 aromatic rings. The van der Waals surface area contributed by atoms with Crippen LogP contribution in [0.5, 0.6) is 5.75 Å². The Morgan fingerprint density at radius 2 is 1.73 bits per heavy atom. The fourth-order valence-corrected chi connectivity index (χ4v) is 6.10. The summed E-state index contributed by atoms with van der Waals surface area (Å²) in [4.78, 5) is 4.73. The Morgan fingerprint density at radius 1 is 1.12 bits per heavy atom. The number of fused-ring (bicyclic) bond motifs is 1. The maximum Gasteiger partial charge on any atom is 0.153 e. The number of hydrogen-bond acceptors (Lipinski definition) is 5. The first kappa shape index (κ1) is 19.4. The van der Waals surface area contributed by atoms with Crippen molar-refractivity contribution in [3.05, 3.63) is 35.9 Å². The number of nitrogens with zero attached hydrogens (tertiary/aromatic N) is 2. The molecule has 2 fully saturated rings. The van der Waals surface area contributed by atoms with Crippen LogP contribution in [0.2, 0.25) is 0 Å². The molecule has 2 heterocycles. The first-order valence-corrected chi connectivity index (χ1v) is 11.2. The summed E-state index contributed by atoms with van der Waals surface area (Å²) in [6.07, 6.45) is 4.24. The van der Waals surface area contributed by atoms with Crippen molar-refractivity contribution in [2.75, 3.05) is 44.8 Å². The summed E-state index contributed by atoms with van der Waals surface area (Å²) < 4.78 is 29.7. The first-order chi connectivity index (χ1) is 12.4. The standard InChI is InChI=1S/C20H30N2O3S/c1-16(2)13-22-12-11-21(19-14-26(23,24)15-20(19)22)10-4-5-17-6-8-18(25-3)9-7-17/h4-9,16,19-20H,10-15H2,1-3H3/b5-4+/t19-,20+/m1/s1. The van der Waals surface area contributed by atoms with Crippen molar-refractivity contribution in [1.29, 1.82) is 0 Å². The number of methoxy groups -OCH3 is 1. The fourth-order valence-electron chi connectivity index (χ4n) is 4.06. The van der Waals surface area contributed by atoms with E-state index in [9.17, 15) is 8.42 Å². The third-order valence-corrected chi connectivity index (χ3v) is 6.97. The van der Waals surface area contributed by atoms with Crippen molar-refractivity contribution in [3.63, 3.8) is 0 Å². The summed E-state index contributed by atoms with van der Waals surface area (Å²) in [5.74, 6) is 2.01. The molecule has 2 saturated heterocycles. The van der Waals surface area contributed by atoms with E-state index in [1.807, 2.05) is 24.3 Å². The second kappa shape index (κ2) is 8.11.